The first-order chi connectivity index (χ1) is 11.6. The third kappa shape index (κ3) is 3.88. The second-order valence-corrected chi connectivity index (χ2v) is 7.50. The van der Waals surface area contributed by atoms with E-state index in [1.807, 2.05) is 41.8 Å². The van der Waals surface area contributed by atoms with E-state index in [9.17, 15) is 5.26 Å². The maximum Gasteiger partial charge on any atom is 0.134 e. The first-order valence-corrected chi connectivity index (χ1v) is 9.28. The minimum atomic E-state index is 0.513. The standard InChI is InChI=1S/C18H9BrCl2N2S/c19-13-3-1-11(2-4-13)7-12(9-22)18-23-17(10-24-18)15-6-5-14(20)8-16(15)21/h1-8,10H/b12-7-. The van der Waals surface area contributed by atoms with E-state index in [0.29, 0.717) is 20.6 Å². The largest absolute Gasteiger partial charge is 0.235 e. The summed E-state index contributed by atoms with van der Waals surface area (Å²) < 4.78 is 0.993. The van der Waals surface area contributed by atoms with Gasteiger partial charge in [-0.2, -0.15) is 5.26 Å². The molecule has 3 aromatic rings. The van der Waals surface area contributed by atoms with Crippen LogP contribution in [0.4, 0.5) is 0 Å². The van der Waals surface area contributed by atoms with Gasteiger partial charge >= 0.3 is 0 Å². The fourth-order valence-electron chi connectivity index (χ4n) is 2.09. The smallest absolute Gasteiger partial charge is 0.134 e. The summed E-state index contributed by atoms with van der Waals surface area (Å²) in [6.45, 7) is 0. The van der Waals surface area contributed by atoms with Gasteiger partial charge in [0.05, 0.1) is 16.3 Å². The number of nitriles is 1. The van der Waals surface area contributed by atoms with Crippen LogP contribution in [0.1, 0.15) is 10.6 Å². The highest BCUT2D eigenvalue weighted by atomic mass is 79.9. The van der Waals surface area contributed by atoms with Crippen LogP contribution < -0.4 is 0 Å². The Balaban J connectivity index is 1.96. The summed E-state index contributed by atoms with van der Waals surface area (Å²) in [5.74, 6) is 0. The molecule has 0 aliphatic heterocycles. The summed E-state index contributed by atoms with van der Waals surface area (Å²) in [5, 5.41) is 13.1. The number of thiazole rings is 1. The highest BCUT2D eigenvalue weighted by molar-refractivity contribution is 9.10. The zero-order chi connectivity index (χ0) is 17.1. The Kier molecular flexibility index (Phi) is 5.37. The van der Waals surface area contributed by atoms with Crippen molar-refractivity contribution >= 4 is 62.1 Å². The van der Waals surface area contributed by atoms with E-state index >= 15 is 0 Å². The molecule has 0 amide bonds. The van der Waals surface area contributed by atoms with E-state index in [1.54, 1.807) is 12.1 Å². The van der Waals surface area contributed by atoms with Crippen molar-refractivity contribution in [3.05, 3.63) is 72.9 Å². The van der Waals surface area contributed by atoms with E-state index in [-0.39, 0.29) is 0 Å². The molecular formula is C18H9BrCl2N2S. The number of aromatic nitrogens is 1. The first kappa shape index (κ1) is 17.2. The molecule has 2 aromatic carbocycles. The average Bonchev–Trinajstić information content (AvgIpc) is 3.04. The number of halogens is 3. The Labute approximate surface area is 162 Å². The van der Waals surface area contributed by atoms with Crippen molar-refractivity contribution in [2.24, 2.45) is 0 Å². The Morgan fingerprint density at radius 3 is 2.58 bits per heavy atom. The number of benzene rings is 2. The molecule has 0 saturated heterocycles. The van der Waals surface area contributed by atoms with Gasteiger partial charge in [0.2, 0.25) is 0 Å². The van der Waals surface area contributed by atoms with E-state index < -0.39 is 0 Å². The lowest BCUT2D eigenvalue weighted by Gasteiger charge is -2.01. The molecular weight excluding hydrogens is 427 g/mol. The lowest BCUT2D eigenvalue weighted by molar-refractivity contribution is 1.37. The molecule has 0 aliphatic carbocycles. The molecule has 0 atom stereocenters. The predicted molar refractivity (Wildman–Crippen MR) is 105 cm³/mol. The fraction of sp³-hybridized carbons (Fsp3) is 0. The molecule has 0 unspecified atom stereocenters. The normalized spacial score (nSPS) is 11.3. The molecule has 0 N–H and O–H groups in total. The number of hydrogen-bond acceptors (Lipinski definition) is 3. The quantitative estimate of drug-likeness (QED) is 0.417. The van der Waals surface area contributed by atoms with Gasteiger partial charge in [0, 0.05) is 20.4 Å². The molecule has 0 bridgehead atoms. The molecule has 0 aliphatic rings. The van der Waals surface area contributed by atoms with Crippen molar-refractivity contribution in [1.82, 2.24) is 4.98 Å². The van der Waals surface area contributed by atoms with Gasteiger partial charge in [0.15, 0.2) is 0 Å². The Bertz CT molecular complexity index is 956. The maximum absolute atomic E-state index is 9.46. The average molecular weight is 436 g/mol. The molecule has 2 nitrogen and oxygen atoms in total. The van der Waals surface area contributed by atoms with Crippen LogP contribution in [0.5, 0.6) is 0 Å². The summed E-state index contributed by atoms with van der Waals surface area (Å²) in [6.07, 6.45) is 1.82. The summed E-state index contributed by atoms with van der Waals surface area (Å²) in [4.78, 5) is 4.55. The Hall–Kier alpha value is -1.64. The lowest BCUT2D eigenvalue weighted by atomic mass is 10.1. The summed E-state index contributed by atoms with van der Waals surface area (Å²) in [7, 11) is 0. The Morgan fingerprint density at radius 1 is 1.17 bits per heavy atom. The van der Waals surface area contributed by atoms with Gasteiger partial charge in [-0.05, 0) is 42.0 Å². The molecule has 0 fully saturated rings. The van der Waals surface area contributed by atoms with Crippen LogP contribution in [-0.2, 0) is 0 Å². The molecule has 1 aromatic heterocycles. The van der Waals surface area contributed by atoms with Gasteiger partial charge < -0.3 is 0 Å². The van der Waals surface area contributed by atoms with Crippen molar-refractivity contribution in [1.29, 1.82) is 5.26 Å². The number of nitrogens with zero attached hydrogens (tertiary/aromatic N) is 2. The Morgan fingerprint density at radius 2 is 1.92 bits per heavy atom. The van der Waals surface area contributed by atoms with Gasteiger partial charge in [-0.25, -0.2) is 4.98 Å². The number of hydrogen-bond donors (Lipinski definition) is 0. The van der Waals surface area contributed by atoms with Crippen LogP contribution in [0, 0.1) is 11.3 Å². The van der Waals surface area contributed by atoms with Gasteiger partial charge in [0.25, 0.3) is 0 Å². The second kappa shape index (κ2) is 7.50. The van der Waals surface area contributed by atoms with Gasteiger partial charge in [-0.1, -0.05) is 51.3 Å². The van der Waals surface area contributed by atoms with Crippen molar-refractivity contribution in [2.75, 3.05) is 0 Å². The molecule has 6 heteroatoms. The van der Waals surface area contributed by atoms with Crippen molar-refractivity contribution in [3.63, 3.8) is 0 Å². The van der Waals surface area contributed by atoms with Crippen LogP contribution in [0.15, 0.2) is 52.3 Å². The van der Waals surface area contributed by atoms with Crippen molar-refractivity contribution in [2.45, 2.75) is 0 Å². The van der Waals surface area contributed by atoms with E-state index in [4.69, 9.17) is 23.2 Å². The van der Waals surface area contributed by atoms with Crippen LogP contribution in [-0.4, -0.2) is 4.98 Å². The lowest BCUT2D eigenvalue weighted by Crippen LogP contribution is -1.84. The highest BCUT2D eigenvalue weighted by Gasteiger charge is 2.11. The molecule has 0 saturated carbocycles. The molecule has 3 rings (SSSR count). The zero-order valence-electron chi connectivity index (χ0n) is 12.1. The minimum Gasteiger partial charge on any atom is -0.235 e. The van der Waals surface area contributed by atoms with Crippen LogP contribution in [0.3, 0.4) is 0 Å². The van der Waals surface area contributed by atoms with Crippen LogP contribution in [0.2, 0.25) is 10.0 Å². The first-order valence-electron chi connectivity index (χ1n) is 6.85. The van der Waals surface area contributed by atoms with Gasteiger partial charge in [0.1, 0.15) is 11.1 Å². The zero-order valence-corrected chi connectivity index (χ0v) is 16.0. The summed E-state index contributed by atoms with van der Waals surface area (Å²) in [6, 6.07) is 15.2. The van der Waals surface area contributed by atoms with E-state index in [0.717, 1.165) is 21.3 Å². The van der Waals surface area contributed by atoms with Crippen molar-refractivity contribution in [3.8, 4) is 17.3 Å². The second-order valence-electron chi connectivity index (χ2n) is 4.88. The highest BCUT2D eigenvalue weighted by Crippen LogP contribution is 2.33. The molecule has 1 heterocycles. The van der Waals surface area contributed by atoms with Crippen LogP contribution >= 0.6 is 50.5 Å². The maximum atomic E-state index is 9.46. The molecule has 24 heavy (non-hydrogen) atoms. The number of allylic oxidation sites excluding steroid dienone is 1. The topological polar surface area (TPSA) is 36.7 Å². The summed E-state index contributed by atoms with van der Waals surface area (Å²) in [5.41, 5.74) is 2.98. The van der Waals surface area contributed by atoms with E-state index in [2.05, 4.69) is 27.0 Å². The third-order valence-electron chi connectivity index (χ3n) is 3.24. The molecule has 0 spiro atoms. The monoisotopic (exact) mass is 434 g/mol. The molecule has 0 radical (unpaired) electrons. The van der Waals surface area contributed by atoms with Crippen molar-refractivity contribution < 1.29 is 0 Å². The molecule has 118 valence electrons. The van der Waals surface area contributed by atoms with Gasteiger partial charge in [-0.3, -0.25) is 0 Å². The van der Waals surface area contributed by atoms with Gasteiger partial charge in [-0.15, -0.1) is 11.3 Å². The minimum absolute atomic E-state index is 0.513. The third-order valence-corrected chi connectivity index (χ3v) is 5.20. The predicted octanol–water partition coefficient (Wildman–Crippen LogP) is 6.94. The SMILES string of the molecule is N#C/C(=C/c1ccc(Br)cc1)c1nc(-c2ccc(Cl)cc2Cl)cs1. The number of rotatable bonds is 3. The van der Waals surface area contributed by atoms with E-state index in [1.165, 1.54) is 11.3 Å². The summed E-state index contributed by atoms with van der Waals surface area (Å²) >= 11 is 17.0. The van der Waals surface area contributed by atoms with Crippen LogP contribution in [0.25, 0.3) is 22.9 Å². The fourth-order valence-corrected chi connectivity index (χ4v) is 3.64.